The van der Waals surface area contributed by atoms with E-state index in [1.165, 1.54) is 17.3 Å². The van der Waals surface area contributed by atoms with Gasteiger partial charge in [0, 0.05) is 5.75 Å². The van der Waals surface area contributed by atoms with Crippen LogP contribution >= 0.6 is 11.8 Å². The van der Waals surface area contributed by atoms with Crippen molar-refractivity contribution >= 4 is 23.1 Å². The zero-order valence-corrected chi connectivity index (χ0v) is 15.0. The molecule has 4 nitrogen and oxygen atoms in total. The van der Waals surface area contributed by atoms with Crippen LogP contribution in [-0.2, 0) is 11.2 Å². The van der Waals surface area contributed by atoms with Crippen LogP contribution in [0.15, 0.2) is 58.7 Å². The summed E-state index contributed by atoms with van der Waals surface area (Å²) < 4.78 is 0. The van der Waals surface area contributed by atoms with Gasteiger partial charge in [0.25, 0.3) is 0 Å². The first-order valence-corrected chi connectivity index (χ1v) is 8.71. The molecule has 24 heavy (non-hydrogen) atoms. The van der Waals surface area contributed by atoms with Crippen LogP contribution in [-0.4, -0.2) is 16.5 Å². The van der Waals surface area contributed by atoms with E-state index >= 15 is 0 Å². The Morgan fingerprint density at radius 3 is 2.50 bits per heavy atom. The van der Waals surface area contributed by atoms with Gasteiger partial charge < -0.3 is 10.8 Å². The van der Waals surface area contributed by atoms with Crippen molar-refractivity contribution in [2.24, 2.45) is 15.9 Å². The standard InChI is InChI=1S/C19H23N3OS/c1-19(2,3)16-10-9-15(11-17(16)23)12-21-22-18(20)24-13-14-7-5-4-6-8-14/h4-12,23H,13H2,1-3H3,(H2,20,22). The number of rotatable bonds is 4. The molecule has 0 amide bonds. The van der Waals surface area contributed by atoms with E-state index in [1.54, 1.807) is 12.3 Å². The fourth-order valence-corrected chi connectivity index (χ4v) is 2.79. The van der Waals surface area contributed by atoms with Gasteiger partial charge in [-0.1, -0.05) is 75.0 Å². The molecule has 0 spiro atoms. The Morgan fingerprint density at radius 2 is 1.88 bits per heavy atom. The van der Waals surface area contributed by atoms with Crippen molar-refractivity contribution < 1.29 is 5.11 Å². The number of phenols is 1. The summed E-state index contributed by atoms with van der Waals surface area (Å²) in [6.07, 6.45) is 1.59. The molecule has 2 rings (SSSR count). The van der Waals surface area contributed by atoms with Gasteiger partial charge in [-0.25, -0.2) is 0 Å². The van der Waals surface area contributed by atoms with E-state index in [0.29, 0.717) is 5.17 Å². The van der Waals surface area contributed by atoms with Crippen LogP contribution in [0.3, 0.4) is 0 Å². The second-order valence-corrected chi connectivity index (χ2v) is 7.48. The third-order valence-corrected chi connectivity index (χ3v) is 4.28. The predicted molar refractivity (Wildman–Crippen MR) is 104 cm³/mol. The van der Waals surface area contributed by atoms with Crippen molar-refractivity contribution in [2.75, 3.05) is 0 Å². The average molecular weight is 341 g/mol. The van der Waals surface area contributed by atoms with Crippen molar-refractivity contribution in [3.8, 4) is 5.75 Å². The number of nitrogens with two attached hydrogens (primary N) is 1. The Balaban J connectivity index is 1.96. The van der Waals surface area contributed by atoms with Gasteiger partial charge in [-0.05, 0) is 28.2 Å². The molecular weight excluding hydrogens is 318 g/mol. The van der Waals surface area contributed by atoms with E-state index in [9.17, 15) is 5.11 Å². The molecule has 0 aromatic heterocycles. The maximum absolute atomic E-state index is 10.1. The highest BCUT2D eigenvalue weighted by atomic mass is 32.2. The summed E-state index contributed by atoms with van der Waals surface area (Å²) in [6, 6.07) is 15.6. The molecule has 0 aliphatic rings. The Morgan fingerprint density at radius 1 is 1.17 bits per heavy atom. The third-order valence-electron chi connectivity index (χ3n) is 3.42. The fourth-order valence-electron chi connectivity index (χ4n) is 2.18. The predicted octanol–water partition coefficient (Wildman–Crippen LogP) is 4.27. The van der Waals surface area contributed by atoms with Crippen molar-refractivity contribution in [2.45, 2.75) is 31.9 Å². The molecule has 0 saturated carbocycles. The molecular formula is C19H23N3OS. The van der Waals surface area contributed by atoms with Crippen LogP contribution in [0, 0.1) is 0 Å². The lowest BCUT2D eigenvalue weighted by Gasteiger charge is -2.20. The first-order chi connectivity index (χ1) is 11.4. The van der Waals surface area contributed by atoms with Crippen LogP contribution in [0.25, 0.3) is 0 Å². The van der Waals surface area contributed by atoms with E-state index in [4.69, 9.17) is 5.73 Å². The zero-order chi connectivity index (χ0) is 17.6. The van der Waals surface area contributed by atoms with Crippen molar-refractivity contribution in [3.05, 3.63) is 65.2 Å². The lowest BCUT2D eigenvalue weighted by atomic mass is 9.86. The smallest absolute Gasteiger partial charge is 0.180 e. The molecule has 5 heteroatoms. The molecule has 0 fully saturated rings. The number of hydrogen-bond acceptors (Lipinski definition) is 4. The molecule has 2 aromatic carbocycles. The summed E-state index contributed by atoms with van der Waals surface area (Å²) in [5, 5.41) is 18.5. The molecule has 0 bridgehead atoms. The van der Waals surface area contributed by atoms with Gasteiger partial charge in [-0.15, -0.1) is 5.10 Å². The van der Waals surface area contributed by atoms with Gasteiger partial charge in [-0.3, -0.25) is 0 Å². The highest BCUT2D eigenvalue weighted by Gasteiger charge is 2.17. The second-order valence-electron chi connectivity index (χ2n) is 6.48. The van der Waals surface area contributed by atoms with Crippen LogP contribution in [0.4, 0.5) is 0 Å². The summed E-state index contributed by atoms with van der Waals surface area (Å²) in [5.74, 6) is 1.02. The number of thioether (sulfide) groups is 1. The quantitative estimate of drug-likeness (QED) is 0.495. The summed E-state index contributed by atoms with van der Waals surface area (Å²) in [5.41, 5.74) is 8.62. The minimum atomic E-state index is -0.101. The highest BCUT2D eigenvalue weighted by molar-refractivity contribution is 8.13. The maximum Gasteiger partial charge on any atom is 0.180 e. The molecule has 0 heterocycles. The van der Waals surface area contributed by atoms with Crippen LogP contribution in [0.1, 0.15) is 37.5 Å². The minimum Gasteiger partial charge on any atom is -0.508 e. The zero-order valence-electron chi connectivity index (χ0n) is 14.2. The molecule has 0 aliphatic carbocycles. The molecule has 2 aromatic rings. The first-order valence-electron chi connectivity index (χ1n) is 7.73. The fraction of sp³-hybridized carbons (Fsp3) is 0.263. The lowest BCUT2D eigenvalue weighted by molar-refractivity contribution is 0.446. The number of amidine groups is 1. The largest absolute Gasteiger partial charge is 0.508 e. The topological polar surface area (TPSA) is 71.0 Å². The van der Waals surface area contributed by atoms with E-state index in [1.807, 2.05) is 42.5 Å². The van der Waals surface area contributed by atoms with Gasteiger partial charge in [0.15, 0.2) is 5.17 Å². The number of phenolic OH excluding ortho intramolecular Hbond substituents is 1. The maximum atomic E-state index is 10.1. The highest BCUT2D eigenvalue weighted by Crippen LogP contribution is 2.30. The van der Waals surface area contributed by atoms with Crippen LogP contribution in [0.2, 0.25) is 0 Å². The lowest BCUT2D eigenvalue weighted by Crippen LogP contribution is -2.11. The summed E-state index contributed by atoms with van der Waals surface area (Å²) in [6.45, 7) is 6.18. The number of hydrogen-bond donors (Lipinski definition) is 2. The molecule has 0 unspecified atom stereocenters. The second kappa shape index (κ2) is 8.02. The Labute approximate surface area is 147 Å². The summed E-state index contributed by atoms with van der Waals surface area (Å²) in [7, 11) is 0. The third kappa shape index (κ3) is 5.42. The molecule has 0 aliphatic heterocycles. The summed E-state index contributed by atoms with van der Waals surface area (Å²) in [4.78, 5) is 0. The van der Waals surface area contributed by atoms with Crippen molar-refractivity contribution in [1.29, 1.82) is 0 Å². The number of benzene rings is 2. The van der Waals surface area contributed by atoms with Crippen LogP contribution < -0.4 is 5.73 Å². The molecule has 126 valence electrons. The molecule has 0 atom stereocenters. The van der Waals surface area contributed by atoms with Crippen molar-refractivity contribution in [1.82, 2.24) is 0 Å². The van der Waals surface area contributed by atoms with Gasteiger partial charge >= 0.3 is 0 Å². The Hall–Kier alpha value is -2.27. The average Bonchev–Trinajstić information content (AvgIpc) is 2.53. The normalized spacial score (nSPS) is 12.7. The van der Waals surface area contributed by atoms with E-state index in [2.05, 4.69) is 31.0 Å². The minimum absolute atomic E-state index is 0.101. The monoisotopic (exact) mass is 341 g/mol. The molecule has 0 radical (unpaired) electrons. The number of nitrogens with zero attached hydrogens (tertiary/aromatic N) is 2. The first kappa shape index (κ1) is 18.1. The van der Waals surface area contributed by atoms with Crippen LogP contribution in [0.5, 0.6) is 5.75 Å². The van der Waals surface area contributed by atoms with E-state index in [0.717, 1.165) is 16.9 Å². The van der Waals surface area contributed by atoms with Gasteiger partial charge in [0.2, 0.25) is 0 Å². The Kier molecular flexibility index (Phi) is 6.04. The van der Waals surface area contributed by atoms with E-state index < -0.39 is 0 Å². The Bertz CT molecular complexity index is 734. The molecule has 0 saturated heterocycles. The SMILES string of the molecule is CC(C)(C)c1ccc(C=NN=C(N)SCc2ccccc2)cc1O. The van der Waals surface area contributed by atoms with E-state index in [-0.39, 0.29) is 11.2 Å². The van der Waals surface area contributed by atoms with Gasteiger partial charge in [-0.2, -0.15) is 5.10 Å². The van der Waals surface area contributed by atoms with Crippen molar-refractivity contribution in [3.63, 3.8) is 0 Å². The van der Waals surface area contributed by atoms with Gasteiger partial charge in [0.1, 0.15) is 5.75 Å². The summed E-state index contributed by atoms with van der Waals surface area (Å²) >= 11 is 1.44. The van der Waals surface area contributed by atoms with Gasteiger partial charge in [0.05, 0.1) is 6.21 Å². The number of aromatic hydroxyl groups is 1. The molecule has 3 N–H and O–H groups in total.